The number of allylic oxidation sites excluding steroid dienone is 3. The number of ether oxygens (including phenoxy) is 4. The molecule has 0 amide bonds. The van der Waals surface area contributed by atoms with E-state index < -0.39 is 23.0 Å². The van der Waals surface area contributed by atoms with Crippen molar-refractivity contribution in [1.29, 1.82) is 0 Å². The zero-order valence-corrected chi connectivity index (χ0v) is 20.8. The topological polar surface area (TPSA) is 83.5 Å². The molecule has 0 bridgehead atoms. The summed E-state index contributed by atoms with van der Waals surface area (Å²) in [4.78, 5) is 16.6. The van der Waals surface area contributed by atoms with Crippen LogP contribution in [0, 0.1) is 11.3 Å². The number of rotatable bonds is 8. The fourth-order valence-electron chi connectivity index (χ4n) is 5.20. The zero-order valence-electron chi connectivity index (χ0n) is 20.8. The van der Waals surface area contributed by atoms with Crippen molar-refractivity contribution in [3.63, 3.8) is 0 Å². The van der Waals surface area contributed by atoms with Crippen LogP contribution in [0.2, 0.25) is 0 Å². The summed E-state index contributed by atoms with van der Waals surface area (Å²) in [5, 5.41) is 9.13. The summed E-state index contributed by atoms with van der Waals surface area (Å²) in [6, 6.07) is 0. The maximum absolute atomic E-state index is 12.1. The molecule has 7 heteroatoms. The third kappa shape index (κ3) is 5.17. The van der Waals surface area contributed by atoms with Crippen molar-refractivity contribution in [3.05, 3.63) is 47.8 Å². The van der Waals surface area contributed by atoms with Crippen molar-refractivity contribution >= 4 is 5.97 Å². The van der Waals surface area contributed by atoms with Crippen LogP contribution in [0.25, 0.3) is 0 Å². The molecule has 1 N–H and O–H groups in total. The Balaban J connectivity index is 1.98. The molecule has 3 rings (SSSR count). The van der Waals surface area contributed by atoms with Crippen molar-refractivity contribution in [3.8, 4) is 0 Å². The van der Waals surface area contributed by atoms with Crippen LogP contribution >= 0.6 is 0 Å². The summed E-state index contributed by atoms with van der Waals surface area (Å²) in [6.07, 6.45) is 12.9. The zero-order chi connectivity index (χ0) is 24.5. The lowest BCUT2D eigenvalue weighted by molar-refractivity contribution is -0.297. The van der Waals surface area contributed by atoms with Crippen LogP contribution in [-0.4, -0.2) is 48.0 Å². The summed E-state index contributed by atoms with van der Waals surface area (Å²) in [7, 11) is 1.65. The van der Waals surface area contributed by atoms with E-state index in [2.05, 4.69) is 17.9 Å². The first-order valence-corrected chi connectivity index (χ1v) is 11.5. The van der Waals surface area contributed by atoms with Gasteiger partial charge in [-0.25, -0.2) is 9.68 Å². The first-order valence-electron chi connectivity index (χ1n) is 11.5. The van der Waals surface area contributed by atoms with Gasteiger partial charge in [0.1, 0.15) is 11.2 Å². The largest absolute Gasteiger partial charge is 0.432 e. The van der Waals surface area contributed by atoms with E-state index in [-0.39, 0.29) is 17.4 Å². The third-order valence-electron chi connectivity index (χ3n) is 7.02. The smallest absolute Gasteiger partial charge is 0.335 e. The molecular formula is C26H38O7. The summed E-state index contributed by atoms with van der Waals surface area (Å²) >= 11 is 0. The molecule has 2 aliphatic heterocycles. The Bertz CT molecular complexity index is 866. The van der Waals surface area contributed by atoms with E-state index in [1.165, 1.54) is 12.3 Å². The highest BCUT2D eigenvalue weighted by atomic mass is 17.1. The van der Waals surface area contributed by atoms with Crippen molar-refractivity contribution in [2.24, 2.45) is 11.3 Å². The Morgan fingerprint density at radius 1 is 1.33 bits per heavy atom. The molecule has 0 unspecified atom stereocenters. The van der Waals surface area contributed by atoms with Crippen LogP contribution in [0.4, 0.5) is 0 Å². The number of hydrogen-bond acceptors (Lipinski definition) is 7. The number of carbonyl (C=O) groups excluding carboxylic acids is 1. The Hall–Kier alpha value is -1.77. The molecule has 0 radical (unpaired) electrons. The Morgan fingerprint density at radius 3 is 2.70 bits per heavy atom. The lowest BCUT2D eigenvalue weighted by atomic mass is 9.58. The van der Waals surface area contributed by atoms with Crippen LogP contribution in [-0.2, 0) is 28.6 Å². The average Bonchev–Trinajstić information content (AvgIpc) is 3.21. The van der Waals surface area contributed by atoms with Crippen LogP contribution in [0.5, 0.6) is 0 Å². The molecule has 7 nitrogen and oxygen atoms in total. The molecule has 33 heavy (non-hydrogen) atoms. The molecule has 0 aromatic carbocycles. The van der Waals surface area contributed by atoms with E-state index in [0.29, 0.717) is 19.4 Å². The van der Waals surface area contributed by atoms with E-state index in [9.17, 15) is 4.79 Å². The van der Waals surface area contributed by atoms with E-state index in [1.54, 1.807) is 21.0 Å². The normalized spacial score (nSPS) is 36.1. The Labute approximate surface area is 197 Å². The fourth-order valence-corrected chi connectivity index (χ4v) is 5.20. The SMILES string of the molecule is CO[C@@]1(C)C[C@@H]2OCC3=CC[C@](C)(C/C=C/C(C)(C)OO)[C@@H](/C=C/OC(=O)C=C(C)C)[C@]32O1. The minimum absolute atomic E-state index is 0.142. The minimum atomic E-state index is -0.785. The summed E-state index contributed by atoms with van der Waals surface area (Å²) < 4.78 is 24.0. The first-order chi connectivity index (χ1) is 15.4. The van der Waals surface area contributed by atoms with Crippen LogP contribution < -0.4 is 0 Å². The molecule has 0 aromatic rings. The van der Waals surface area contributed by atoms with Crippen molar-refractivity contribution < 1.29 is 33.9 Å². The van der Waals surface area contributed by atoms with Gasteiger partial charge >= 0.3 is 5.97 Å². The molecule has 1 aliphatic carbocycles. The lowest BCUT2D eigenvalue weighted by Gasteiger charge is -2.49. The van der Waals surface area contributed by atoms with Crippen LogP contribution in [0.15, 0.2) is 47.8 Å². The minimum Gasteiger partial charge on any atom is -0.432 e. The molecule has 5 atom stereocenters. The number of esters is 1. The van der Waals surface area contributed by atoms with Gasteiger partial charge in [-0.15, -0.1) is 0 Å². The standard InChI is InChI=1S/C26H38O7/c1-18(2)15-22(27)30-14-10-20-24(5,12-8-11-23(3,4)33-28)13-9-19-17-31-21-16-25(6,29-7)32-26(19,20)21/h8-11,14-15,20-21,28H,12-13,16-17H2,1-7H3/b11-8+,14-10+/t20-,21+,24+,25-,26-/m1/s1. The summed E-state index contributed by atoms with van der Waals surface area (Å²) in [5.41, 5.74) is 0.230. The average molecular weight is 463 g/mol. The van der Waals surface area contributed by atoms with Gasteiger partial charge in [-0.2, -0.15) is 0 Å². The predicted molar refractivity (Wildman–Crippen MR) is 124 cm³/mol. The Morgan fingerprint density at radius 2 is 2.06 bits per heavy atom. The molecule has 0 aromatic heterocycles. The molecule has 0 saturated carbocycles. The van der Waals surface area contributed by atoms with Crippen molar-refractivity contribution in [2.45, 2.75) is 83.9 Å². The number of methoxy groups -OCH3 is 1. The number of hydrogen-bond donors (Lipinski definition) is 1. The first kappa shape index (κ1) is 25.8. The monoisotopic (exact) mass is 462 g/mol. The maximum Gasteiger partial charge on any atom is 0.335 e. The molecule has 3 aliphatic rings. The van der Waals surface area contributed by atoms with Crippen molar-refractivity contribution in [2.75, 3.05) is 13.7 Å². The van der Waals surface area contributed by atoms with Gasteiger partial charge in [0.2, 0.25) is 0 Å². The highest BCUT2D eigenvalue weighted by Gasteiger charge is 2.67. The summed E-state index contributed by atoms with van der Waals surface area (Å²) in [6.45, 7) is 11.9. The quantitative estimate of drug-likeness (QED) is 0.134. The van der Waals surface area contributed by atoms with Gasteiger partial charge in [-0.1, -0.05) is 30.7 Å². The van der Waals surface area contributed by atoms with E-state index >= 15 is 0 Å². The van der Waals surface area contributed by atoms with E-state index in [1.807, 2.05) is 39.0 Å². The number of carbonyl (C=O) groups is 1. The molecule has 184 valence electrons. The predicted octanol–water partition coefficient (Wildman–Crippen LogP) is 5.10. The van der Waals surface area contributed by atoms with Gasteiger partial charge in [0, 0.05) is 25.5 Å². The van der Waals surface area contributed by atoms with Gasteiger partial charge in [0.25, 0.3) is 0 Å². The van der Waals surface area contributed by atoms with E-state index in [4.69, 9.17) is 24.2 Å². The third-order valence-corrected chi connectivity index (χ3v) is 7.02. The lowest BCUT2D eigenvalue weighted by Crippen LogP contribution is -2.53. The molecule has 2 fully saturated rings. The highest BCUT2D eigenvalue weighted by Crippen LogP contribution is 2.60. The van der Waals surface area contributed by atoms with Crippen LogP contribution in [0.1, 0.15) is 60.8 Å². The van der Waals surface area contributed by atoms with Gasteiger partial charge < -0.3 is 18.9 Å². The second kappa shape index (κ2) is 9.47. The Kier molecular flexibility index (Phi) is 7.42. The summed E-state index contributed by atoms with van der Waals surface area (Å²) in [5.74, 6) is -1.32. The maximum atomic E-state index is 12.1. The highest BCUT2D eigenvalue weighted by molar-refractivity contribution is 5.83. The van der Waals surface area contributed by atoms with Crippen LogP contribution in [0.3, 0.4) is 0 Å². The second-order valence-corrected chi connectivity index (χ2v) is 10.6. The van der Waals surface area contributed by atoms with E-state index in [0.717, 1.165) is 17.6 Å². The molecule has 2 heterocycles. The molecule has 2 saturated heterocycles. The van der Waals surface area contributed by atoms with Gasteiger partial charge in [-0.05, 0) is 64.5 Å². The second-order valence-electron chi connectivity index (χ2n) is 10.6. The van der Waals surface area contributed by atoms with Gasteiger partial charge in [-0.3, -0.25) is 5.26 Å². The van der Waals surface area contributed by atoms with Crippen molar-refractivity contribution in [1.82, 2.24) is 0 Å². The molecule has 1 spiro atoms. The fraction of sp³-hybridized carbons (Fsp3) is 0.654. The molecular weight excluding hydrogens is 424 g/mol. The van der Waals surface area contributed by atoms with Gasteiger partial charge in [0.15, 0.2) is 5.79 Å². The van der Waals surface area contributed by atoms with Gasteiger partial charge in [0.05, 0.1) is 19.0 Å².